The molecule has 1 aromatic heterocycles. The molecule has 0 amide bonds. The highest BCUT2D eigenvalue weighted by molar-refractivity contribution is 5.83. The van der Waals surface area contributed by atoms with Gasteiger partial charge in [-0.2, -0.15) is 0 Å². The Morgan fingerprint density at radius 3 is 2.59 bits per heavy atom. The summed E-state index contributed by atoms with van der Waals surface area (Å²) >= 11 is 0. The summed E-state index contributed by atoms with van der Waals surface area (Å²) in [5.41, 5.74) is 5.74. The molecule has 5 rings (SSSR count). The van der Waals surface area contributed by atoms with Crippen molar-refractivity contribution in [1.29, 1.82) is 0 Å². The van der Waals surface area contributed by atoms with Crippen LogP contribution in [0.5, 0.6) is 0 Å². The van der Waals surface area contributed by atoms with Crippen molar-refractivity contribution < 1.29 is 0 Å². The van der Waals surface area contributed by atoms with E-state index in [4.69, 9.17) is 0 Å². The third-order valence-corrected chi connectivity index (χ3v) is 6.87. The SMILES string of the molecule is Cc1cccc(CC2CN(C3CCC(c4c[nH]c5ccccc45)CC3)C2)c1. The minimum absolute atomic E-state index is 0.738. The predicted octanol–water partition coefficient (Wildman–Crippen LogP) is 5.68. The summed E-state index contributed by atoms with van der Waals surface area (Å²) in [5.74, 6) is 1.60. The molecular weight excluding hydrogens is 328 g/mol. The van der Waals surface area contributed by atoms with Gasteiger partial charge < -0.3 is 4.98 Å². The number of hydrogen-bond acceptors (Lipinski definition) is 1. The summed E-state index contributed by atoms with van der Waals surface area (Å²) in [5, 5.41) is 1.43. The monoisotopic (exact) mass is 358 g/mol. The topological polar surface area (TPSA) is 19.0 Å². The Bertz CT molecular complexity index is 911. The average molecular weight is 359 g/mol. The second kappa shape index (κ2) is 7.16. The lowest BCUT2D eigenvalue weighted by atomic mass is 9.79. The Morgan fingerprint density at radius 2 is 1.78 bits per heavy atom. The zero-order valence-corrected chi connectivity index (χ0v) is 16.3. The molecular formula is C25H30N2. The van der Waals surface area contributed by atoms with Crippen molar-refractivity contribution in [3.8, 4) is 0 Å². The lowest BCUT2D eigenvalue weighted by Gasteiger charge is -2.47. The molecule has 0 atom stereocenters. The molecule has 1 saturated heterocycles. The smallest absolute Gasteiger partial charge is 0.0456 e. The summed E-state index contributed by atoms with van der Waals surface area (Å²) in [4.78, 5) is 6.22. The first kappa shape index (κ1) is 17.1. The fourth-order valence-corrected chi connectivity index (χ4v) is 5.39. The first-order valence-electron chi connectivity index (χ1n) is 10.6. The van der Waals surface area contributed by atoms with Crippen LogP contribution in [-0.4, -0.2) is 29.0 Å². The predicted molar refractivity (Wildman–Crippen MR) is 113 cm³/mol. The molecule has 2 heteroatoms. The number of likely N-dealkylation sites (tertiary alicyclic amines) is 1. The number of aromatic amines is 1. The minimum atomic E-state index is 0.738. The maximum atomic E-state index is 3.46. The molecule has 0 bridgehead atoms. The van der Waals surface area contributed by atoms with E-state index in [9.17, 15) is 0 Å². The van der Waals surface area contributed by atoms with Gasteiger partial charge in [-0.05, 0) is 68.1 Å². The average Bonchev–Trinajstić information content (AvgIpc) is 3.09. The van der Waals surface area contributed by atoms with E-state index in [0.717, 1.165) is 17.9 Å². The standard InChI is InChI=1S/C25H30N2/c1-18-5-4-6-19(13-18)14-20-16-27(17-20)22-11-9-21(10-12-22)24-15-26-25-8-3-2-7-23(24)25/h2-8,13,15,20-22,26H,9-12,14,16-17H2,1H3. The molecule has 1 aliphatic carbocycles. The Labute approximate surface area is 162 Å². The van der Waals surface area contributed by atoms with Crippen molar-refractivity contribution >= 4 is 10.9 Å². The third kappa shape index (κ3) is 3.43. The summed E-state index contributed by atoms with van der Waals surface area (Å²) in [7, 11) is 0. The second-order valence-electron chi connectivity index (χ2n) is 8.81. The van der Waals surface area contributed by atoms with Crippen LogP contribution in [0.2, 0.25) is 0 Å². The van der Waals surface area contributed by atoms with Crippen LogP contribution in [0.15, 0.2) is 54.7 Å². The van der Waals surface area contributed by atoms with Crippen LogP contribution in [0.4, 0.5) is 0 Å². The number of H-pyrrole nitrogens is 1. The maximum absolute atomic E-state index is 3.46. The number of nitrogens with zero attached hydrogens (tertiary/aromatic N) is 1. The van der Waals surface area contributed by atoms with Gasteiger partial charge in [0, 0.05) is 36.2 Å². The lowest BCUT2D eigenvalue weighted by Crippen LogP contribution is -2.53. The summed E-state index contributed by atoms with van der Waals surface area (Å²) in [6.07, 6.45) is 8.92. The summed E-state index contributed by atoms with van der Waals surface area (Å²) in [6.45, 7) is 4.80. The van der Waals surface area contributed by atoms with Gasteiger partial charge in [0.1, 0.15) is 0 Å². The molecule has 140 valence electrons. The molecule has 0 spiro atoms. The van der Waals surface area contributed by atoms with E-state index in [1.807, 2.05) is 0 Å². The first-order valence-corrected chi connectivity index (χ1v) is 10.6. The normalized spacial score (nSPS) is 24.2. The van der Waals surface area contributed by atoms with Gasteiger partial charge in [0.25, 0.3) is 0 Å². The Balaban J connectivity index is 1.14. The number of para-hydroxylation sites is 1. The van der Waals surface area contributed by atoms with Crippen LogP contribution in [0.3, 0.4) is 0 Å². The largest absolute Gasteiger partial charge is 0.361 e. The van der Waals surface area contributed by atoms with Gasteiger partial charge in [0.2, 0.25) is 0 Å². The van der Waals surface area contributed by atoms with Crippen molar-refractivity contribution in [2.75, 3.05) is 13.1 Å². The number of rotatable bonds is 4. The number of benzene rings is 2. The fraction of sp³-hybridized carbons (Fsp3) is 0.440. The quantitative estimate of drug-likeness (QED) is 0.636. The van der Waals surface area contributed by atoms with E-state index in [1.165, 1.54) is 67.2 Å². The lowest BCUT2D eigenvalue weighted by molar-refractivity contribution is 0.0329. The molecule has 1 N–H and O–H groups in total. The number of nitrogens with one attached hydrogen (secondary N) is 1. The number of hydrogen-bond donors (Lipinski definition) is 1. The van der Waals surface area contributed by atoms with Gasteiger partial charge in [0.15, 0.2) is 0 Å². The summed E-state index contributed by atoms with van der Waals surface area (Å²) < 4.78 is 0. The maximum Gasteiger partial charge on any atom is 0.0456 e. The fourth-order valence-electron chi connectivity index (χ4n) is 5.39. The highest BCUT2D eigenvalue weighted by Gasteiger charge is 2.35. The zero-order chi connectivity index (χ0) is 18.2. The molecule has 2 nitrogen and oxygen atoms in total. The Morgan fingerprint density at radius 1 is 0.963 bits per heavy atom. The highest BCUT2D eigenvalue weighted by atomic mass is 15.2. The van der Waals surface area contributed by atoms with Gasteiger partial charge >= 0.3 is 0 Å². The highest BCUT2D eigenvalue weighted by Crippen LogP contribution is 2.39. The molecule has 2 fully saturated rings. The van der Waals surface area contributed by atoms with Crippen LogP contribution in [-0.2, 0) is 6.42 Å². The van der Waals surface area contributed by atoms with Crippen molar-refractivity contribution in [2.24, 2.45) is 5.92 Å². The van der Waals surface area contributed by atoms with Crippen molar-refractivity contribution in [3.05, 3.63) is 71.4 Å². The molecule has 1 saturated carbocycles. The zero-order valence-electron chi connectivity index (χ0n) is 16.3. The van der Waals surface area contributed by atoms with Gasteiger partial charge in [-0.25, -0.2) is 0 Å². The van der Waals surface area contributed by atoms with E-state index in [1.54, 1.807) is 5.56 Å². The van der Waals surface area contributed by atoms with Crippen LogP contribution in [0.1, 0.15) is 48.3 Å². The van der Waals surface area contributed by atoms with Gasteiger partial charge in [-0.15, -0.1) is 0 Å². The van der Waals surface area contributed by atoms with Crippen molar-refractivity contribution in [3.63, 3.8) is 0 Å². The van der Waals surface area contributed by atoms with Crippen LogP contribution < -0.4 is 0 Å². The van der Waals surface area contributed by atoms with E-state index in [-0.39, 0.29) is 0 Å². The third-order valence-electron chi connectivity index (χ3n) is 6.87. The number of aromatic nitrogens is 1. The van der Waals surface area contributed by atoms with Crippen LogP contribution in [0, 0.1) is 12.8 Å². The Kier molecular flexibility index (Phi) is 4.53. The van der Waals surface area contributed by atoms with E-state index in [2.05, 4.69) is 71.5 Å². The van der Waals surface area contributed by atoms with Crippen molar-refractivity contribution in [2.45, 2.75) is 51.0 Å². The van der Waals surface area contributed by atoms with E-state index < -0.39 is 0 Å². The van der Waals surface area contributed by atoms with Gasteiger partial charge in [-0.1, -0.05) is 48.0 Å². The molecule has 2 aromatic carbocycles. The first-order chi connectivity index (χ1) is 13.3. The molecule has 0 radical (unpaired) electrons. The summed E-state index contributed by atoms with van der Waals surface area (Å²) in [6, 6.07) is 18.6. The number of fused-ring (bicyclic) bond motifs is 1. The van der Waals surface area contributed by atoms with E-state index in [0.29, 0.717) is 0 Å². The molecule has 27 heavy (non-hydrogen) atoms. The Hall–Kier alpha value is -2.06. The molecule has 3 aromatic rings. The molecule has 2 heterocycles. The molecule has 1 aliphatic heterocycles. The molecule has 0 unspecified atom stereocenters. The van der Waals surface area contributed by atoms with Crippen LogP contribution in [0.25, 0.3) is 10.9 Å². The van der Waals surface area contributed by atoms with E-state index >= 15 is 0 Å². The van der Waals surface area contributed by atoms with Gasteiger partial charge in [0.05, 0.1) is 0 Å². The van der Waals surface area contributed by atoms with Crippen LogP contribution >= 0.6 is 0 Å². The molecule has 2 aliphatic rings. The van der Waals surface area contributed by atoms with Crippen molar-refractivity contribution in [1.82, 2.24) is 9.88 Å². The number of aryl methyl sites for hydroxylation is 1. The second-order valence-corrected chi connectivity index (χ2v) is 8.81. The minimum Gasteiger partial charge on any atom is -0.361 e. The van der Waals surface area contributed by atoms with Gasteiger partial charge in [-0.3, -0.25) is 4.90 Å².